The number of aromatic nitrogens is 2. The van der Waals surface area contributed by atoms with Crippen LogP contribution in [0.4, 0.5) is 8.78 Å². The summed E-state index contributed by atoms with van der Waals surface area (Å²) < 4.78 is 38.9. The Kier molecular flexibility index (Phi) is 6.56. The van der Waals surface area contributed by atoms with Crippen molar-refractivity contribution in [3.05, 3.63) is 75.6 Å². The Bertz CT molecular complexity index is 1130. The Balaban J connectivity index is 1.95. The highest BCUT2D eigenvalue weighted by atomic mass is 32.2. The first kappa shape index (κ1) is 21.6. The monoisotopic (exact) mass is 436 g/mol. The zero-order valence-electron chi connectivity index (χ0n) is 16.1. The van der Waals surface area contributed by atoms with Gasteiger partial charge in [-0.15, -0.1) is 11.8 Å². The second kappa shape index (κ2) is 9.12. The molecule has 0 bridgehead atoms. The molecule has 0 aliphatic rings. The predicted octanol–water partition coefficient (Wildman–Crippen LogP) is 3.34. The van der Waals surface area contributed by atoms with Crippen molar-refractivity contribution in [1.29, 1.82) is 0 Å². The van der Waals surface area contributed by atoms with E-state index in [0.29, 0.717) is 5.56 Å². The summed E-state index contributed by atoms with van der Waals surface area (Å²) in [6.45, 7) is 0. The van der Waals surface area contributed by atoms with E-state index in [4.69, 9.17) is 9.15 Å². The van der Waals surface area contributed by atoms with Crippen LogP contribution in [0.1, 0.15) is 29.4 Å². The van der Waals surface area contributed by atoms with E-state index in [-0.39, 0.29) is 28.6 Å². The SMILES string of the molecule is COC(=O)CC(c1cnn(C)c1)c1oc(CSc2ccc(F)cc2F)cc(=O)c1O. The quantitative estimate of drug-likeness (QED) is 0.448. The first-order valence-electron chi connectivity index (χ1n) is 8.77. The molecule has 0 fully saturated rings. The molecular weight excluding hydrogens is 418 g/mol. The van der Waals surface area contributed by atoms with Crippen LogP contribution < -0.4 is 5.43 Å². The van der Waals surface area contributed by atoms with Gasteiger partial charge in [-0.1, -0.05) is 0 Å². The van der Waals surface area contributed by atoms with E-state index in [1.54, 1.807) is 13.2 Å². The van der Waals surface area contributed by atoms with Crippen molar-refractivity contribution in [3.63, 3.8) is 0 Å². The fourth-order valence-electron chi connectivity index (χ4n) is 2.84. The molecule has 3 aromatic rings. The van der Waals surface area contributed by atoms with Crippen LogP contribution >= 0.6 is 11.8 Å². The molecule has 0 saturated heterocycles. The number of carbonyl (C=O) groups is 1. The second-order valence-electron chi connectivity index (χ2n) is 6.43. The molecule has 2 heterocycles. The van der Waals surface area contributed by atoms with Crippen molar-refractivity contribution in [2.75, 3.05) is 7.11 Å². The smallest absolute Gasteiger partial charge is 0.306 e. The van der Waals surface area contributed by atoms with Gasteiger partial charge < -0.3 is 14.3 Å². The summed E-state index contributed by atoms with van der Waals surface area (Å²) in [6.07, 6.45) is 2.92. The van der Waals surface area contributed by atoms with Gasteiger partial charge in [0.2, 0.25) is 11.2 Å². The fourth-order valence-corrected chi connectivity index (χ4v) is 3.64. The zero-order chi connectivity index (χ0) is 21.8. The van der Waals surface area contributed by atoms with E-state index in [0.717, 1.165) is 30.0 Å². The minimum Gasteiger partial charge on any atom is -0.502 e. The van der Waals surface area contributed by atoms with Crippen LogP contribution in [0.2, 0.25) is 0 Å². The number of aryl methyl sites for hydroxylation is 1. The van der Waals surface area contributed by atoms with Gasteiger partial charge in [-0.05, 0) is 12.1 Å². The molecule has 0 spiro atoms. The first-order valence-corrected chi connectivity index (χ1v) is 9.76. The number of methoxy groups -OCH3 is 1. The largest absolute Gasteiger partial charge is 0.502 e. The lowest BCUT2D eigenvalue weighted by atomic mass is 9.95. The lowest BCUT2D eigenvalue weighted by Gasteiger charge is -2.15. The molecule has 1 atom stereocenters. The Hall–Kier alpha value is -3.14. The van der Waals surface area contributed by atoms with Gasteiger partial charge in [0.25, 0.3) is 0 Å². The lowest BCUT2D eigenvalue weighted by Crippen LogP contribution is -2.13. The van der Waals surface area contributed by atoms with Gasteiger partial charge in [0.05, 0.1) is 31.4 Å². The van der Waals surface area contributed by atoms with Gasteiger partial charge in [-0.3, -0.25) is 14.3 Å². The van der Waals surface area contributed by atoms with Crippen LogP contribution in [0.25, 0.3) is 0 Å². The highest BCUT2D eigenvalue weighted by Crippen LogP contribution is 2.34. The summed E-state index contributed by atoms with van der Waals surface area (Å²) in [6, 6.07) is 4.25. The minimum atomic E-state index is -0.814. The number of carbonyl (C=O) groups excluding carboxylic acids is 1. The maximum absolute atomic E-state index is 13.9. The normalized spacial score (nSPS) is 12.0. The van der Waals surface area contributed by atoms with E-state index in [1.807, 2.05) is 0 Å². The van der Waals surface area contributed by atoms with Crippen LogP contribution in [-0.2, 0) is 22.3 Å². The molecule has 158 valence electrons. The highest BCUT2D eigenvalue weighted by molar-refractivity contribution is 7.98. The van der Waals surface area contributed by atoms with Crippen molar-refractivity contribution in [1.82, 2.24) is 9.78 Å². The molecule has 7 nitrogen and oxygen atoms in total. The standard InChI is InChI=1S/C20H18F2N2O5S/c1-24-9-11(8-23-24)14(7-18(26)28-2)20-19(27)16(25)6-13(29-20)10-30-17-4-3-12(21)5-15(17)22/h3-6,8-9,14,27H,7,10H2,1-2H3. The van der Waals surface area contributed by atoms with Crippen molar-refractivity contribution in [2.24, 2.45) is 7.05 Å². The highest BCUT2D eigenvalue weighted by Gasteiger charge is 2.27. The van der Waals surface area contributed by atoms with Gasteiger partial charge in [-0.2, -0.15) is 5.10 Å². The van der Waals surface area contributed by atoms with Gasteiger partial charge in [0.1, 0.15) is 17.4 Å². The molecule has 1 N–H and O–H groups in total. The topological polar surface area (TPSA) is 94.6 Å². The third-order valence-corrected chi connectivity index (χ3v) is 5.38. The lowest BCUT2D eigenvalue weighted by molar-refractivity contribution is -0.140. The number of aromatic hydroxyl groups is 1. The third kappa shape index (κ3) is 4.88. The van der Waals surface area contributed by atoms with Crippen LogP contribution in [-0.4, -0.2) is 28.0 Å². The molecule has 0 saturated carbocycles. The molecule has 0 amide bonds. The van der Waals surface area contributed by atoms with Crippen molar-refractivity contribution in [2.45, 2.75) is 23.0 Å². The Morgan fingerprint density at radius 2 is 2.13 bits per heavy atom. The fraction of sp³-hybridized carbons (Fsp3) is 0.250. The minimum absolute atomic E-state index is 0.0447. The molecule has 10 heteroatoms. The van der Waals surface area contributed by atoms with Gasteiger partial charge in [0.15, 0.2) is 5.76 Å². The van der Waals surface area contributed by atoms with E-state index < -0.39 is 34.7 Å². The summed E-state index contributed by atoms with van der Waals surface area (Å²) in [5.41, 5.74) is -0.166. The van der Waals surface area contributed by atoms with E-state index >= 15 is 0 Å². The number of rotatable bonds is 7. The average Bonchev–Trinajstić information content (AvgIpc) is 3.14. The number of benzene rings is 1. The molecule has 3 rings (SSSR count). The summed E-state index contributed by atoms with van der Waals surface area (Å²) in [5.74, 6) is -3.36. The van der Waals surface area contributed by atoms with Crippen LogP contribution in [0, 0.1) is 11.6 Å². The molecule has 0 radical (unpaired) electrons. The maximum Gasteiger partial charge on any atom is 0.306 e. The number of ether oxygens (including phenoxy) is 1. The molecule has 30 heavy (non-hydrogen) atoms. The molecule has 1 aromatic carbocycles. The van der Waals surface area contributed by atoms with Crippen molar-refractivity contribution < 1.29 is 27.8 Å². The summed E-state index contributed by atoms with van der Waals surface area (Å²) in [4.78, 5) is 24.4. The van der Waals surface area contributed by atoms with Gasteiger partial charge >= 0.3 is 5.97 Å². The van der Waals surface area contributed by atoms with Crippen molar-refractivity contribution >= 4 is 17.7 Å². The molecule has 2 aromatic heterocycles. The summed E-state index contributed by atoms with van der Waals surface area (Å²) in [7, 11) is 2.90. The summed E-state index contributed by atoms with van der Waals surface area (Å²) >= 11 is 0.998. The van der Waals surface area contributed by atoms with Crippen LogP contribution in [0.15, 0.2) is 50.8 Å². The Morgan fingerprint density at radius 1 is 1.37 bits per heavy atom. The third-order valence-electron chi connectivity index (χ3n) is 4.31. The maximum atomic E-state index is 13.9. The Labute approximate surface area is 174 Å². The molecular formula is C20H18F2N2O5S. The average molecular weight is 436 g/mol. The van der Waals surface area contributed by atoms with E-state index in [1.165, 1.54) is 24.1 Å². The van der Waals surface area contributed by atoms with Crippen LogP contribution in [0.5, 0.6) is 5.75 Å². The zero-order valence-corrected chi connectivity index (χ0v) is 16.9. The number of esters is 1. The molecule has 0 aliphatic heterocycles. The number of hydrogen-bond donors (Lipinski definition) is 1. The van der Waals surface area contributed by atoms with Gasteiger partial charge in [0, 0.05) is 35.8 Å². The number of thioether (sulfide) groups is 1. The van der Waals surface area contributed by atoms with Crippen LogP contribution in [0.3, 0.4) is 0 Å². The summed E-state index contributed by atoms with van der Waals surface area (Å²) in [5, 5.41) is 14.4. The number of hydrogen-bond acceptors (Lipinski definition) is 7. The molecule has 0 aliphatic carbocycles. The second-order valence-corrected chi connectivity index (χ2v) is 7.45. The van der Waals surface area contributed by atoms with Gasteiger partial charge in [-0.25, -0.2) is 8.78 Å². The Morgan fingerprint density at radius 3 is 2.77 bits per heavy atom. The first-order chi connectivity index (χ1) is 14.3. The van der Waals surface area contributed by atoms with E-state index in [2.05, 4.69) is 5.10 Å². The molecule has 1 unspecified atom stereocenters. The predicted molar refractivity (Wildman–Crippen MR) is 104 cm³/mol. The van der Waals surface area contributed by atoms with Crippen molar-refractivity contribution in [3.8, 4) is 5.75 Å². The number of halogens is 2. The van der Waals surface area contributed by atoms with E-state index in [9.17, 15) is 23.5 Å². The number of nitrogens with zero attached hydrogens (tertiary/aromatic N) is 2.